The Morgan fingerprint density at radius 2 is 2.05 bits per heavy atom. The van der Waals surface area contributed by atoms with Gasteiger partial charge in [-0.25, -0.2) is 13.1 Å². The van der Waals surface area contributed by atoms with E-state index in [-0.39, 0.29) is 29.1 Å². The number of sulfonamides is 1. The van der Waals surface area contributed by atoms with Gasteiger partial charge in [0.2, 0.25) is 10.0 Å². The summed E-state index contributed by atoms with van der Waals surface area (Å²) in [5.41, 5.74) is 5.98. The van der Waals surface area contributed by atoms with Crippen LogP contribution in [0.2, 0.25) is 0 Å². The van der Waals surface area contributed by atoms with Crippen molar-refractivity contribution >= 4 is 15.7 Å². The van der Waals surface area contributed by atoms with Crippen LogP contribution in [0, 0.1) is 5.92 Å². The fourth-order valence-electron chi connectivity index (χ4n) is 1.81. The molecule has 1 rings (SSSR count). The summed E-state index contributed by atoms with van der Waals surface area (Å²) in [6, 6.07) is 3.99. The highest BCUT2D eigenvalue weighted by Gasteiger charge is 2.22. The van der Waals surface area contributed by atoms with Crippen LogP contribution in [0.1, 0.15) is 20.3 Å². The van der Waals surface area contributed by atoms with Gasteiger partial charge in [-0.2, -0.15) is 0 Å². The van der Waals surface area contributed by atoms with Crippen molar-refractivity contribution in [1.29, 1.82) is 0 Å². The minimum Gasteiger partial charge on any atom is -0.495 e. The van der Waals surface area contributed by atoms with Gasteiger partial charge in [-0.15, -0.1) is 0 Å². The molecule has 0 saturated heterocycles. The minimum atomic E-state index is -3.67. The third-order valence-corrected chi connectivity index (χ3v) is 4.55. The normalized spacial score (nSPS) is 13.4. The lowest BCUT2D eigenvalue weighted by atomic mass is 10.0. The summed E-state index contributed by atoms with van der Waals surface area (Å²) in [4.78, 5) is 0.0828. The van der Waals surface area contributed by atoms with E-state index in [1.54, 1.807) is 0 Å². The first-order valence-electron chi connectivity index (χ1n) is 6.38. The van der Waals surface area contributed by atoms with E-state index < -0.39 is 10.0 Å². The molecule has 0 aliphatic carbocycles. The van der Waals surface area contributed by atoms with E-state index in [9.17, 15) is 8.42 Å². The van der Waals surface area contributed by atoms with Crippen molar-refractivity contribution in [2.24, 2.45) is 5.92 Å². The molecule has 0 amide bonds. The van der Waals surface area contributed by atoms with Crippen molar-refractivity contribution in [3.05, 3.63) is 18.2 Å². The first-order chi connectivity index (χ1) is 9.31. The van der Waals surface area contributed by atoms with Gasteiger partial charge in [-0.05, 0) is 30.5 Å². The highest BCUT2D eigenvalue weighted by atomic mass is 32.2. The molecule has 7 heteroatoms. The summed E-state index contributed by atoms with van der Waals surface area (Å²) >= 11 is 0. The summed E-state index contributed by atoms with van der Waals surface area (Å²) in [5.74, 6) is 0.507. The lowest BCUT2D eigenvalue weighted by molar-refractivity contribution is 0.256. The van der Waals surface area contributed by atoms with Crippen molar-refractivity contribution in [1.82, 2.24) is 4.72 Å². The third-order valence-electron chi connectivity index (χ3n) is 3.06. The number of anilines is 1. The van der Waals surface area contributed by atoms with Gasteiger partial charge >= 0.3 is 0 Å². The molecule has 114 valence electrons. The number of benzene rings is 1. The molecule has 1 aromatic rings. The van der Waals surface area contributed by atoms with Crippen molar-refractivity contribution in [3.8, 4) is 5.75 Å². The zero-order valence-electron chi connectivity index (χ0n) is 12.0. The van der Waals surface area contributed by atoms with Crippen molar-refractivity contribution in [2.45, 2.75) is 31.2 Å². The molecule has 0 fully saturated rings. The van der Waals surface area contributed by atoms with Gasteiger partial charge in [0.15, 0.2) is 0 Å². The van der Waals surface area contributed by atoms with Crippen molar-refractivity contribution in [3.63, 3.8) is 0 Å². The van der Waals surface area contributed by atoms with Crippen molar-refractivity contribution in [2.75, 3.05) is 19.5 Å². The second-order valence-corrected chi connectivity index (χ2v) is 6.60. The molecule has 0 spiro atoms. The van der Waals surface area contributed by atoms with Crippen LogP contribution in [0.15, 0.2) is 23.1 Å². The molecule has 1 atom stereocenters. The molecular weight excluding hydrogens is 280 g/mol. The first kappa shape index (κ1) is 16.7. The topological polar surface area (TPSA) is 102 Å². The number of methoxy groups -OCH3 is 1. The summed E-state index contributed by atoms with van der Waals surface area (Å²) in [6.45, 7) is 3.71. The van der Waals surface area contributed by atoms with E-state index in [4.69, 9.17) is 15.6 Å². The lowest BCUT2D eigenvalue weighted by Gasteiger charge is -2.21. The monoisotopic (exact) mass is 302 g/mol. The Labute approximate surface area is 120 Å². The summed E-state index contributed by atoms with van der Waals surface area (Å²) in [7, 11) is -2.20. The molecule has 4 N–H and O–H groups in total. The molecule has 0 saturated carbocycles. The average Bonchev–Trinajstić information content (AvgIpc) is 2.37. The molecule has 20 heavy (non-hydrogen) atoms. The van der Waals surface area contributed by atoms with Crippen LogP contribution in [0.25, 0.3) is 0 Å². The molecule has 0 radical (unpaired) electrons. The molecular formula is C13H22N2O4S. The van der Waals surface area contributed by atoms with Gasteiger partial charge in [0.1, 0.15) is 5.75 Å². The summed E-state index contributed by atoms with van der Waals surface area (Å²) in [5, 5.41) is 8.99. The smallest absolute Gasteiger partial charge is 0.240 e. The first-order valence-corrected chi connectivity index (χ1v) is 7.87. The molecule has 0 aliphatic rings. The number of nitrogens with two attached hydrogens (primary N) is 1. The van der Waals surface area contributed by atoms with E-state index in [1.807, 2.05) is 13.8 Å². The van der Waals surface area contributed by atoms with Crippen LogP contribution < -0.4 is 15.2 Å². The SMILES string of the molecule is COc1ccc(S(=O)(=O)NC(CCO)C(C)C)cc1N. The molecule has 1 unspecified atom stereocenters. The maximum atomic E-state index is 12.3. The van der Waals surface area contributed by atoms with Gasteiger partial charge in [0, 0.05) is 12.6 Å². The number of aliphatic hydroxyl groups is 1. The number of hydrogen-bond acceptors (Lipinski definition) is 5. The number of hydrogen-bond donors (Lipinski definition) is 3. The lowest BCUT2D eigenvalue weighted by Crippen LogP contribution is -2.39. The van der Waals surface area contributed by atoms with E-state index in [0.717, 1.165) is 0 Å². The van der Waals surface area contributed by atoms with E-state index in [1.165, 1.54) is 25.3 Å². The Hall–Kier alpha value is -1.31. The zero-order chi connectivity index (χ0) is 15.3. The largest absolute Gasteiger partial charge is 0.495 e. The Morgan fingerprint density at radius 1 is 1.40 bits per heavy atom. The van der Waals surface area contributed by atoms with Gasteiger partial charge < -0.3 is 15.6 Å². The fraction of sp³-hybridized carbons (Fsp3) is 0.538. The van der Waals surface area contributed by atoms with Crippen LogP contribution in [-0.4, -0.2) is 33.3 Å². The second-order valence-electron chi connectivity index (χ2n) is 4.89. The zero-order valence-corrected chi connectivity index (χ0v) is 12.8. The van der Waals surface area contributed by atoms with E-state index >= 15 is 0 Å². The Morgan fingerprint density at radius 3 is 2.50 bits per heavy atom. The van der Waals surface area contributed by atoms with Crippen LogP contribution in [0.4, 0.5) is 5.69 Å². The van der Waals surface area contributed by atoms with Crippen LogP contribution in [0.3, 0.4) is 0 Å². The predicted octanol–water partition coefficient (Wildman–Crippen LogP) is 0.963. The minimum absolute atomic E-state index is 0.0733. The van der Waals surface area contributed by atoms with Crippen LogP contribution in [-0.2, 0) is 10.0 Å². The van der Waals surface area contributed by atoms with Crippen molar-refractivity contribution < 1.29 is 18.3 Å². The maximum absolute atomic E-state index is 12.3. The number of rotatable bonds is 7. The Bertz CT molecular complexity index is 543. The van der Waals surface area contributed by atoms with Gasteiger partial charge in [-0.3, -0.25) is 0 Å². The van der Waals surface area contributed by atoms with E-state index in [2.05, 4.69) is 4.72 Å². The Kier molecular flexibility index (Phi) is 5.79. The quantitative estimate of drug-likeness (QED) is 0.651. The number of nitrogen functional groups attached to an aromatic ring is 1. The number of ether oxygens (including phenoxy) is 1. The molecule has 0 heterocycles. The van der Waals surface area contributed by atoms with Gasteiger partial charge in [0.25, 0.3) is 0 Å². The standard InChI is InChI=1S/C13H22N2O4S/c1-9(2)12(6-7-16)15-20(17,18)10-4-5-13(19-3)11(14)8-10/h4-5,8-9,12,15-16H,6-7,14H2,1-3H3. The fourth-order valence-corrected chi connectivity index (χ4v) is 3.27. The molecule has 0 aromatic heterocycles. The molecule has 0 bridgehead atoms. The Balaban J connectivity index is 3.01. The van der Waals surface area contributed by atoms with E-state index in [0.29, 0.717) is 12.2 Å². The molecule has 6 nitrogen and oxygen atoms in total. The predicted molar refractivity (Wildman–Crippen MR) is 78.1 cm³/mol. The van der Waals surface area contributed by atoms with Crippen LogP contribution in [0.5, 0.6) is 5.75 Å². The molecule has 0 aliphatic heterocycles. The second kappa shape index (κ2) is 6.92. The van der Waals surface area contributed by atoms with Gasteiger partial charge in [0.05, 0.1) is 17.7 Å². The number of aliphatic hydroxyl groups excluding tert-OH is 1. The van der Waals surface area contributed by atoms with Crippen LogP contribution >= 0.6 is 0 Å². The van der Waals surface area contributed by atoms with Gasteiger partial charge in [-0.1, -0.05) is 13.8 Å². The maximum Gasteiger partial charge on any atom is 0.240 e. The number of nitrogens with one attached hydrogen (secondary N) is 1. The average molecular weight is 302 g/mol. The summed E-state index contributed by atoms with van der Waals surface area (Å²) < 4.78 is 32.2. The third kappa shape index (κ3) is 4.09. The highest BCUT2D eigenvalue weighted by molar-refractivity contribution is 7.89. The highest BCUT2D eigenvalue weighted by Crippen LogP contribution is 2.24. The molecule has 1 aromatic carbocycles. The summed E-state index contributed by atoms with van der Waals surface area (Å²) in [6.07, 6.45) is 0.364.